The average molecular weight is 336 g/mol. The van der Waals surface area contributed by atoms with Gasteiger partial charge in [0, 0.05) is 12.7 Å². The Kier molecular flexibility index (Phi) is 5.39. The predicted molar refractivity (Wildman–Crippen MR) is 87.9 cm³/mol. The van der Waals surface area contributed by atoms with Crippen LogP contribution < -0.4 is 5.32 Å². The first-order valence-electron chi connectivity index (χ1n) is 7.19. The highest BCUT2D eigenvalue weighted by Gasteiger charge is 2.20. The van der Waals surface area contributed by atoms with Crippen molar-refractivity contribution in [2.24, 2.45) is 7.05 Å². The lowest BCUT2D eigenvalue weighted by atomic mass is 10.2. The first kappa shape index (κ1) is 17.0. The molecule has 0 radical (unpaired) electrons. The molecule has 1 amide bonds. The van der Waals surface area contributed by atoms with Crippen LogP contribution in [0.25, 0.3) is 0 Å². The number of ether oxygens (including phenoxy) is 1. The van der Waals surface area contributed by atoms with Crippen molar-refractivity contribution in [1.82, 2.24) is 9.78 Å². The van der Waals surface area contributed by atoms with E-state index in [9.17, 15) is 9.59 Å². The fraction of sp³-hybridized carbons (Fsp3) is 0.312. The highest BCUT2D eigenvalue weighted by atomic mass is 35.5. The number of amides is 1. The fourth-order valence-electron chi connectivity index (χ4n) is 2.23. The molecule has 1 N–H and O–H groups in total. The molecule has 0 atom stereocenters. The van der Waals surface area contributed by atoms with Crippen molar-refractivity contribution < 1.29 is 14.3 Å². The number of aromatic nitrogens is 2. The van der Waals surface area contributed by atoms with Crippen LogP contribution in [0.15, 0.2) is 24.3 Å². The summed E-state index contributed by atoms with van der Waals surface area (Å²) in [6, 6.07) is 6.50. The van der Waals surface area contributed by atoms with Gasteiger partial charge < -0.3 is 10.1 Å². The molecule has 0 saturated carbocycles. The summed E-state index contributed by atoms with van der Waals surface area (Å²) in [5.74, 6) is -0.848. The Hall–Kier alpha value is -2.34. The number of aryl methyl sites for hydroxylation is 2. The predicted octanol–water partition coefficient (Wildman–Crippen LogP) is 3.06. The van der Waals surface area contributed by atoms with Crippen LogP contribution in [0.2, 0.25) is 5.02 Å². The third-order valence-electron chi connectivity index (χ3n) is 3.30. The number of halogens is 1. The van der Waals surface area contributed by atoms with Gasteiger partial charge >= 0.3 is 5.97 Å². The minimum Gasteiger partial charge on any atom is -0.465 e. The molecule has 0 unspecified atom stereocenters. The Morgan fingerprint density at radius 2 is 2.13 bits per heavy atom. The molecule has 0 aliphatic carbocycles. The molecule has 1 aromatic carbocycles. The standard InChI is InChI=1S/C16H18ClN3O3/c1-4-6-12-13(17)14(20(2)19-12)15(21)18-11-8-5-7-10(9-11)16(22)23-3/h5,7-9H,4,6H2,1-3H3,(H,18,21). The Morgan fingerprint density at radius 3 is 2.78 bits per heavy atom. The van der Waals surface area contributed by atoms with Gasteiger partial charge in [-0.25, -0.2) is 4.79 Å². The van der Waals surface area contributed by atoms with Crippen LogP contribution in [0, 0.1) is 0 Å². The van der Waals surface area contributed by atoms with Crippen molar-refractivity contribution >= 4 is 29.2 Å². The van der Waals surface area contributed by atoms with E-state index in [0.29, 0.717) is 34.1 Å². The third kappa shape index (κ3) is 3.71. The maximum atomic E-state index is 12.5. The van der Waals surface area contributed by atoms with E-state index in [1.165, 1.54) is 11.8 Å². The molecule has 6 nitrogen and oxygen atoms in total. The lowest BCUT2D eigenvalue weighted by molar-refractivity contribution is 0.0600. The molecule has 0 aliphatic rings. The summed E-state index contributed by atoms with van der Waals surface area (Å²) >= 11 is 6.26. The summed E-state index contributed by atoms with van der Waals surface area (Å²) in [6.45, 7) is 2.02. The number of benzene rings is 1. The third-order valence-corrected chi connectivity index (χ3v) is 3.70. The number of carbonyl (C=O) groups excluding carboxylic acids is 2. The molecule has 2 rings (SSSR count). The molecule has 1 aromatic heterocycles. The Labute approximate surface area is 139 Å². The van der Waals surface area contributed by atoms with E-state index in [2.05, 4.69) is 15.2 Å². The van der Waals surface area contributed by atoms with Crippen molar-refractivity contribution in [2.45, 2.75) is 19.8 Å². The van der Waals surface area contributed by atoms with Gasteiger partial charge in [-0.2, -0.15) is 5.10 Å². The summed E-state index contributed by atoms with van der Waals surface area (Å²) in [5, 5.41) is 7.35. The zero-order chi connectivity index (χ0) is 17.0. The minimum atomic E-state index is -0.468. The van der Waals surface area contributed by atoms with E-state index in [0.717, 1.165) is 6.42 Å². The minimum absolute atomic E-state index is 0.290. The van der Waals surface area contributed by atoms with Crippen LogP contribution in [0.4, 0.5) is 5.69 Å². The van der Waals surface area contributed by atoms with Crippen LogP contribution in [0.1, 0.15) is 39.9 Å². The van der Waals surface area contributed by atoms with E-state index in [4.69, 9.17) is 11.6 Å². The second kappa shape index (κ2) is 7.28. The molecule has 0 saturated heterocycles. The number of hydrogen-bond donors (Lipinski definition) is 1. The summed E-state index contributed by atoms with van der Waals surface area (Å²) in [5.41, 5.74) is 1.82. The topological polar surface area (TPSA) is 73.2 Å². The molecular formula is C16H18ClN3O3. The number of carbonyl (C=O) groups is 2. The zero-order valence-electron chi connectivity index (χ0n) is 13.2. The molecule has 1 heterocycles. The smallest absolute Gasteiger partial charge is 0.337 e. The van der Waals surface area contributed by atoms with Crippen LogP contribution in [0.3, 0.4) is 0 Å². The van der Waals surface area contributed by atoms with Crippen molar-refractivity contribution in [1.29, 1.82) is 0 Å². The maximum Gasteiger partial charge on any atom is 0.337 e. The summed E-state index contributed by atoms with van der Waals surface area (Å²) in [7, 11) is 2.98. The first-order chi connectivity index (χ1) is 11.0. The Bertz CT molecular complexity index is 740. The number of anilines is 1. The summed E-state index contributed by atoms with van der Waals surface area (Å²) < 4.78 is 6.13. The van der Waals surface area contributed by atoms with Crippen molar-refractivity contribution in [3.8, 4) is 0 Å². The molecule has 7 heteroatoms. The van der Waals surface area contributed by atoms with Gasteiger partial charge in [-0.1, -0.05) is 31.0 Å². The molecule has 2 aromatic rings. The van der Waals surface area contributed by atoms with Crippen LogP contribution in [0.5, 0.6) is 0 Å². The van der Waals surface area contributed by atoms with E-state index in [-0.39, 0.29) is 5.91 Å². The van der Waals surface area contributed by atoms with Gasteiger partial charge in [0.05, 0.1) is 23.4 Å². The normalized spacial score (nSPS) is 10.4. The van der Waals surface area contributed by atoms with E-state index in [1.54, 1.807) is 31.3 Å². The molecule has 0 spiro atoms. The number of esters is 1. The van der Waals surface area contributed by atoms with Crippen LogP contribution in [-0.2, 0) is 18.2 Å². The fourth-order valence-corrected chi connectivity index (χ4v) is 2.57. The van der Waals surface area contributed by atoms with Crippen LogP contribution in [-0.4, -0.2) is 28.8 Å². The molecule has 0 bridgehead atoms. The number of nitrogens with zero attached hydrogens (tertiary/aromatic N) is 2. The van der Waals surface area contributed by atoms with Gasteiger partial charge in [-0.3, -0.25) is 9.48 Å². The lowest BCUT2D eigenvalue weighted by Gasteiger charge is -2.07. The largest absolute Gasteiger partial charge is 0.465 e. The maximum absolute atomic E-state index is 12.5. The average Bonchev–Trinajstić information content (AvgIpc) is 2.81. The number of rotatable bonds is 5. The number of hydrogen-bond acceptors (Lipinski definition) is 4. The van der Waals surface area contributed by atoms with Crippen molar-refractivity contribution in [3.05, 3.63) is 46.2 Å². The Balaban J connectivity index is 2.24. The van der Waals surface area contributed by atoms with Gasteiger partial charge in [-0.05, 0) is 24.6 Å². The quantitative estimate of drug-likeness (QED) is 0.852. The van der Waals surface area contributed by atoms with Gasteiger partial charge in [-0.15, -0.1) is 0 Å². The van der Waals surface area contributed by atoms with Crippen molar-refractivity contribution in [2.75, 3.05) is 12.4 Å². The first-order valence-corrected chi connectivity index (χ1v) is 7.56. The molecule has 0 aliphatic heterocycles. The zero-order valence-corrected chi connectivity index (χ0v) is 14.0. The van der Waals surface area contributed by atoms with Gasteiger partial charge in [0.2, 0.25) is 0 Å². The van der Waals surface area contributed by atoms with Gasteiger partial charge in [0.1, 0.15) is 5.69 Å². The summed E-state index contributed by atoms with van der Waals surface area (Å²) in [4.78, 5) is 24.0. The molecule has 23 heavy (non-hydrogen) atoms. The van der Waals surface area contributed by atoms with Gasteiger partial charge in [0.15, 0.2) is 0 Å². The highest BCUT2D eigenvalue weighted by Crippen LogP contribution is 2.23. The van der Waals surface area contributed by atoms with E-state index in [1.807, 2.05) is 6.92 Å². The molecular weight excluding hydrogens is 318 g/mol. The number of nitrogens with one attached hydrogen (secondary N) is 1. The highest BCUT2D eigenvalue weighted by molar-refractivity contribution is 6.34. The summed E-state index contributed by atoms with van der Waals surface area (Å²) in [6.07, 6.45) is 1.59. The van der Waals surface area contributed by atoms with E-state index >= 15 is 0 Å². The van der Waals surface area contributed by atoms with Crippen molar-refractivity contribution in [3.63, 3.8) is 0 Å². The van der Waals surface area contributed by atoms with Gasteiger partial charge in [0.25, 0.3) is 5.91 Å². The van der Waals surface area contributed by atoms with Crippen LogP contribution >= 0.6 is 11.6 Å². The lowest BCUT2D eigenvalue weighted by Crippen LogP contribution is -2.17. The SMILES string of the molecule is CCCc1nn(C)c(C(=O)Nc2cccc(C(=O)OC)c2)c1Cl. The second-order valence-electron chi connectivity index (χ2n) is 5.01. The van der Waals surface area contributed by atoms with E-state index < -0.39 is 5.97 Å². The molecule has 0 fully saturated rings. The second-order valence-corrected chi connectivity index (χ2v) is 5.39. The number of methoxy groups -OCH3 is 1. The Morgan fingerprint density at radius 1 is 1.39 bits per heavy atom. The molecule has 122 valence electrons. The monoisotopic (exact) mass is 335 g/mol.